The maximum atomic E-state index is 12.5. The Morgan fingerprint density at radius 2 is 1.76 bits per heavy atom. The lowest BCUT2D eigenvalue weighted by atomic mass is 10.1. The summed E-state index contributed by atoms with van der Waals surface area (Å²) in [4.78, 5) is 13.1. The average molecular weight is 481 g/mol. The summed E-state index contributed by atoms with van der Waals surface area (Å²) in [6.45, 7) is 2.53. The maximum Gasteiger partial charge on any atom is 0.260 e. The highest BCUT2D eigenvalue weighted by Gasteiger charge is 2.27. The first-order chi connectivity index (χ1) is 16.0. The van der Waals surface area contributed by atoms with E-state index in [9.17, 15) is 4.79 Å². The molecule has 1 amide bonds. The van der Waals surface area contributed by atoms with E-state index in [4.69, 9.17) is 21.1 Å². The third kappa shape index (κ3) is 6.03. The highest BCUT2D eigenvalue weighted by molar-refractivity contribution is 8.05. The van der Waals surface area contributed by atoms with Gasteiger partial charge in [-0.05, 0) is 65.6 Å². The van der Waals surface area contributed by atoms with Crippen LogP contribution in [0.1, 0.15) is 23.6 Å². The molecule has 2 N–H and O–H groups in total. The molecule has 5 nitrogen and oxygen atoms in total. The van der Waals surface area contributed by atoms with Gasteiger partial charge in [-0.25, -0.2) is 0 Å². The number of nitrogens with one attached hydrogen (secondary N) is 2. The normalized spacial score (nSPS) is 16.5. The second kappa shape index (κ2) is 10.7. The fourth-order valence-corrected chi connectivity index (χ4v) is 4.45. The van der Waals surface area contributed by atoms with Crippen molar-refractivity contribution in [2.75, 3.05) is 12.4 Å². The van der Waals surface area contributed by atoms with E-state index in [2.05, 4.69) is 29.7 Å². The van der Waals surface area contributed by atoms with Crippen molar-refractivity contribution >= 4 is 41.0 Å². The number of hydrogen-bond donors (Lipinski definition) is 2. The van der Waals surface area contributed by atoms with Gasteiger partial charge in [0.05, 0.1) is 12.0 Å². The fraction of sp³-hybridized carbons (Fsp3) is 0.192. The Labute approximate surface area is 203 Å². The van der Waals surface area contributed by atoms with Gasteiger partial charge in [-0.15, -0.1) is 0 Å². The predicted octanol–water partition coefficient (Wildman–Crippen LogP) is 6.09. The van der Waals surface area contributed by atoms with Crippen LogP contribution in [0.5, 0.6) is 11.5 Å². The third-order valence-corrected chi connectivity index (χ3v) is 6.46. The number of hydrogen-bond acceptors (Lipinski definition) is 5. The van der Waals surface area contributed by atoms with Gasteiger partial charge in [-0.1, -0.05) is 60.6 Å². The number of carbonyl (C=O) groups excluding carboxylic acids is 1. The van der Waals surface area contributed by atoms with Gasteiger partial charge in [-0.2, -0.15) is 0 Å². The average Bonchev–Trinajstić information content (AvgIpc) is 3.17. The van der Waals surface area contributed by atoms with Crippen LogP contribution in [0.15, 0.2) is 71.6 Å². The third-order valence-electron chi connectivity index (χ3n) is 5.18. The van der Waals surface area contributed by atoms with Crippen LogP contribution in [0.3, 0.4) is 0 Å². The van der Waals surface area contributed by atoms with Crippen molar-refractivity contribution in [2.45, 2.75) is 25.4 Å². The smallest absolute Gasteiger partial charge is 0.260 e. The summed E-state index contributed by atoms with van der Waals surface area (Å²) in [7, 11) is 1.60. The summed E-state index contributed by atoms with van der Waals surface area (Å²) in [5.41, 5.74) is 3.89. The van der Waals surface area contributed by atoms with Crippen LogP contribution in [0.2, 0.25) is 5.02 Å². The summed E-state index contributed by atoms with van der Waals surface area (Å²) >= 11 is 7.39. The highest BCUT2D eigenvalue weighted by atomic mass is 35.5. The predicted molar refractivity (Wildman–Crippen MR) is 136 cm³/mol. The quantitative estimate of drug-likeness (QED) is 0.382. The van der Waals surface area contributed by atoms with Gasteiger partial charge in [0.1, 0.15) is 6.61 Å². The first-order valence-corrected chi connectivity index (χ1v) is 11.9. The van der Waals surface area contributed by atoms with Crippen molar-refractivity contribution in [1.29, 1.82) is 0 Å². The van der Waals surface area contributed by atoms with E-state index in [0.29, 0.717) is 28.0 Å². The van der Waals surface area contributed by atoms with Crippen LogP contribution in [0, 0.1) is 0 Å². The summed E-state index contributed by atoms with van der Waals surface area (Å²) in [5, 5.41) is 7.00. The number of aryl methyl sites for hydroxylation is 1. The Morgan fingerprint density at radius 1 is 1.03 bits per heavy atom. The SMILES string of the molecule is CCc1ccc(N[C@@H]2NC(=O)/C(=C/c3ccc(OCc4ccc(Cl)cc4)c(OC)c3)S2)cc1. The van der Waals surface area contributed by atoms with Crippen LogP contribution in [-0.4, -0.2) is 18.5 Å². The monoisotopic (exact) mass is 480 g/mol. The van der Waals surface area contributed by atoms with E-state index < -0.39 is 0 Å². The molecule has 0 saturated carbocycles. The lowest BCUT2D eigenvalue weighted by Gasteiger charge is -2.13. The van der Waals surface area contributed by atoms with Gasteiger partial charge >= 0.3 is 0 Å². The zero-order chi connectivity index (χ0) is 23.2. The Hall–Kier alpha value is -3.09. The molecule has 7 heteroatoms. The minimum absolute atomic E-state index is 0.107. The summed E-state index contributed by atoms with van der Waals surface area (Å²) in [6.07, 6.45) is 2.85. The maximum absolute atomic E-state index is 12.5. The molecule has 3 aromatic rings. The standard InChI is InChI=1S/C26H25ClN2O3S/c1-3-17-6-11-21(12-7-17)28-26-29-25(30)24(33-26)15-19-8-13-22(23(14-19)31-2)32-16-18-4-9-20(27)10-5-18/h4-15,26,28H,3,16H2,1-2H3,(H,29,30)/b24-15-/t26-/m1/s1. The molecule has 1 aliphatic heterocycles. The van der Waals surface area contributed by atoms with Crippen LogP contribution < -0.4 is 20.1 Å². The molecule has 1 atom stereocenters. The van der Waals surface area contributed by atoms with Crippen molar-refractivity contribution in [2.24, 2.45) is 0 Å². The molecule has 1 fully saturated rings. The number of halogens is 1. The van der Waals surface area contributed by atoms with Crippen molar-refractivity contribution < 1.29 is 14.3 Å². The number of methoxy groups -OCH3 is 1. The van der Waals surface area contributed by atoms with Gasteiger partial charge in [0.25, 0.3) is 5.91 Å². The minimum Gasteiger partial charge on any atom is -0.493 e. The molecule has 0 spiro atoms. The van der Waals surface area contributed by atoms with Crippen molar-refractivity contribution in [3.05, 3.63) is 93.3 Å². The molecule has 1 heterocycles. The van der Waals surface area contributed by atoms with Crippen LogP contribution in [-0.2, 0) is 17.8 Å². The number of thioether (sulfide) groups is 1. The Bertz CT molecular complexity index is 1150. The second-order valence-electron chi connectivity index (χ2n) is 7.50. The van der Waals surface area contributed by atoms with E-state index in [-0.39, 0.29) is 11.4 Å². The molecule has 170 valence electrons. The first kappa shape index (κ1) is 23.1. The van der Waals surface area contributed by atoms with E-state index in [1.54, 1.807) is 7.11 Å². The lowest BCUT2D eigenvalue weighted by Crippen LogP contribution is -2.30. The van der Waals surface area contributed by atoms with Crippen LogP contribution >= 0.6 is 23.4 Å². The number of ether oxygens (including phenoxy) is 2. The molecule has 1 aliphatic rings. The number of rotatable bonds is 8. The summed E-state index contributed by atoms with van der Waals surface area (Å²) in [5.74, 6) is 1.13. The topological polar surface area (TPSA) is 59.6 Å². The number of benzene rings is 3. The zero-order valence-electron chi connectivity index (χ0n) is 18.4. The van der Waals surface area contributed by atoms with Crippen LogP contribution in [0.25, 0.3) is 6.08 Å². The molecule has 4 rings (SSSR count). The lowest BCUT2D eigenvalue weighted by molar-refractivity contribution is -0.116. The molecule has 33 heavy (non-hydrogen) atoms. The molecule has 0 bridgehead atoms. The molecule has 0 radical (unpaired) electrons. The molecule has 0 aliphatic carbocycles. The second-order valence-corrected chi connectivity index (χ2v) is 9.08. The largest absolute Gasteiger partial charge is 0.493 e. The van der Waals surface area contributed by atoms with E-state index in [1.807, 2.05) is 60.7 Å². The molecule has 3 aromatic carbocycles. The summed E-state index contributed by atoms with van der Waals surface area (Å²) in [6, 6.07) is 21.4. The van der Waals surface area contributed by atoms with Crippen molar-refractivity contribution in [1.82, 2.24) is 5.32 Å². The molecule has 0 aromatic heterocycles. The molecule has 0 unspecified atom stereocenters. The van der Waals surface area contributed by atoms with E-state index >= 15 is 0 Å². The van der Waals surface area contributed by atoms with Crippen molar-refractivity contribution in [3.63, 3.8) is 0 Å². The van der Waals surface area contributed by atoms with Gasteiger partial charge in [0.2, 0.25) is 0 Å². The molecule has 1 saturated heterocycles. The Morgan fingerprint density at radius 3 is 2.45 bits per heavy atom. The molecular formula is C26H25ClN2O3S. The zero-order valence-corrected chi connectivity index (χ0v) is 20.0. The van der Waals surface area contributed by atoms with Gasteiger partial charge < -0.3 is 20.1 Å². The van der Waals surface area contributed by atoms with Gasteiger partial charge in [0, 0.05) is 10.7 Å². The highest BCUT2D eigenvalue weighted by Crippen LogP contribution is 2.33. The van der Waals surface area contributed by atoms with Gasteiger partial charge in [-0.3, -0.25) is 4.79 Å². The number of anilines is 1. The number of carbonyl (C=O) groups is 1. The molecular weight excluding hydrogens is 456 g/mol. The van der Waals surface area contributed by atoms with E-state index in [0.717, 1.165) is 23.2 Å². The first-order valence-electron chi connectivity index (χ1n) is 10.6. The minimum atomic E-state index is -0.222. The fourth-order valence-electron chi connectivity index (χ4n) is 3.34. The Kier molecular flexibility index (Phi) is 7.47. The summed E-state index contributed by atoms with van der Waals surface area (Å²) < 4.78 is 11.4. The Balaban J connectivity index is 1.41. The van der Waals surface area contributed by atoms with Gasteiger partial charge in [0.15, 0.2) is 17.0 Å². The van der Waals surface area contributed by atoms with E-state index in [1.165, 1.54) is 17.3 Å². The van der Waals surface area contributed by atoms with Crippen LogP contribution in [0.4, 0.5) is 5.69 Å². The number of amides is 1. The van der Waals surface area contributed by atoms with Crippen molar-refractivity contribution in [3.8, 4) is 11.5 Å².